The maximum atomic E-state index is 11.2. The van der Waals surface area contributed by atoms with Gasteiger partial charge in [0.25, 0.3) is 9.05 Å². The second-order valence-corrected chi connectivity index (χ2v) is 6.12. The summed E-state index contributed by atoms with van der Waals surface area (Å²) in [4.78, 5) is -0.130. The van der Waals surface area contributed by atoms with E-state index in [0.717, 1.165) is 0 Å². The van der Waals surface area contributed by atoms with Crippen LogP contribution < -0.4 is 4.74 Å². The summed E-state index contributed by atoms with van der Waals surface area (Å²) in [5.74, 6) is 0.102. The molecule has 0 atom stereocenters. The predicted molar refractivity (Wildman–Crippen MR) is 63.5 cm³/mol. The van der Waals surface area contributed by atoms with Crippen LogP contribution in [0.5, 0.6) is 5.75 Å². The molecule has 0 aliphatic rings. The Hall–Kier alpha value is -0.520. The standard InChI is InChI=1S/C8H5ClINO3S/c1-14-8-6(15(9,12)13)3-2-5(4-11)7(8)10/h2-3H,1H3. The van der Waals surface area contributed by atoms with Crippen LogP contribution in [-0.4, -0.2) is 15.5 Å². The van der Waals surface area contributed by atoms with Crippen LogP contribution in [0.3, 0.4) is 0 Å². The number of hydrogen-bond acceptors (Lipinski definition) is 4. The van der Waals surface area contributed by atoms with E-state index in [1.807, 2.05) is 28.7 Å². The molecule has 0 unspecified atom stereocenters. The van der Waals surface area contributed by atoms with Gasteiger partial charge in [-0.15, -0.1) is 0 Å². The average Bonchev–Trinajstić information content (AvgIpc) is 2.15. The van der Waals surface area contributed by atoms with Gasteiger partial charge in [-0.05, 0) is 34.7 Å². The first-order valence-electron chi connectivity index (χ1n) is 3.63. The molecular formula is C8H5ClINO3S. The van der Waals surface area contributed by atoms with Gasteiger partial charge in [-0.1, -0.05) is 0 Å². The molecule has 7 heteroatoms. The van der Waals surface area contributed by atoms with Gasteiger partial charge in [0.05, 0.1) is 16.2 Å². The SMILES string of the molecule is COc1c(S(=O)(=O)Cl)ccc(C#N)c1I. The molecule has 0 aliphatic carbocycles. The van der Waals surface area contributed by atoms with Crippen molar-refractivity contribution < 1.29 is 13.2 Å². The minimum absolute atomic E-state index is 0.102. The average molecular weight is 358 g/mol. The van der Waals surface area contributed by atoms with Gasteiger partial charge < -0.3 is 4.74 Å². The first-order valence-corrected chi connectivity index (χ1v) is 7.02. The van der Waals surface area contributed by atoms with Crippen LogP contribution in [-0.2, 0) is 9.05 Å². The fraction of sp³-hybridized carbons (Fsp3) is 0.125. The zero-order valence-electron chi connectivity index (χ0n) is 7.49. The van der Waals surface area contributed by atoms with E-state index >= 15 is 0 Å². The Morgan fingerprint density at radius 1 is 1.53 bits per heavy atom. The fourth-order valence-corrected chi connectivity index (χ4v) is 3.00. The molecule has 0 N–H and O–H groups in total. The number of rotatable bonds is 2. The van der Waals surface area contributed by atoms with Gasteiger partial charge in [-0.3, -0.25) is 0 Å². The van der Waals surface area contributed by atoms with E-state index < -0.39 is 9.05 Å². The fourth-order valence-electron chi connectivity index (χ4n) is 1.01. The lowest BCUT2D eigenvalue weighted by molar-refractivity contribution is 0.400. The van der Waals surface area contributed by atoms with Crippen molar-refractivity contribution in [2.45, 2.75) is 4.90 Å². The summed E-state index contributed by atoms with van der Waals surface area (Å²) < 4.78 is 27.7. The summed E-state index contributed by atoms with van der Waals surface area (Å²) in [6.45, 7) is 0. The van der Waals surface area contributed by atoms with E-state index in [9.17, 15) is 8.42 Å². The Balaban J connectivity index is 3.61. The van der Waals surface area contributed by atoms with Gasteiger partial charge in [0.2, 0.25) is 0 Å². The number of nitrogens with zero attached hydrogens (tertiary/aromatic N) is 1. The lowest BCUT2D eigenvalue weighted by Crippen LogP contribution is -1.99. The summed E-state index contributed by atoms with van der Waals surface area (Å²) in [7, 11) is 2.68. The topological polar surface area (TPSA) is 67.2 Å². The van der Waals surface area contributed by atoms with Crippen molar-refractivity contribution >= 4 is 42.3 Å². The van der Waals surface area contributed by atoms with Crippen LogP contribution in [0, 0.1) is 14.9 Å². The normalized spacial score (nSPS) is 10.8. The summed E-state index contributed by atoms with van der Waals surface area (Å²) in [5.41, 5.74) is 0.344. The molecule has 0 bridgehead atoms. The minimum atomic E-state index is -3.86. The molecule has 0 aliphatic heterocycles. The first-order chi connectivity index (χ1) is 6.91. The van der Waals surface area contributed by atoms with E-state index in [1.165, 1.54) is 19.2 Å². The molecule has 15 heavy (non-hydrogen) atoms. The highest BCUT2D eigenvalue weighted by Crippen LogP contribution is 2.33. The predicted octanol–water partition coefficient (Wildman–Crippen LogP) is 2.10. The Labute approximate surface area is 105 Å². The molecule has 0 fully saturated rings. The van der Waals surface area contributed by atoms with E-state index in [0.29, 0.717) is 9.13 Å². The smallest absolute Gasteiger partial charge is 0.265 e. The zero-order chi connectivity index (χ0) is 11.6. The third kappa shape index (κ3) is 2.53. The van der Waals surface area contributed by atoms with Crippen molar-refractivity contribution in [2.75, 3.05) is 7.11 Å². The Morgan fingerprint density at radius 3 is 2.53 bits per heavy atom. The summed E-state index contributed by atoms with van der Waals surface area (Å²) in [5, 5.41) is 8.74. The quantitative estimate of drug-likeness (QED) is 0.600. The Morgan fingerprint density at radius 2 is 2.13 bits per heavy atom. The molecule has 0 heterocycles. The molecule has 1 aromatic carbocycles. The van der Waals surface area contributed by atoms with Gasteiger partial charge >= 0.3 is 0 Å². The molecule has 80 valence electrons. The van der Waals surface area contributed by atoms with Crippen molar-refractivity contribution in [3.63, 3.8) is 0 Å². The molecule has 0 radical (unpaired) electrons. The summed E-state index contributed by atoms with van der Waals surface area (Å²) in [6, 6.07) is 4.56. The molecule has 1 aromatic rings. The van der Waals surface area contributed by atoms with Crippen molar-refractivity contribution in [1.82, 2.24) is 0 Å². The van der Waals surface area contributed by atoms with Crippen molar-refractivity contribution in [3.8, 4) is 11.8 Å². The van der Waals surface area contributed by atoms with Gasteiger partial charge in [0, 0.05) is 10.7 Å². The number of nitriles is 1. The lowest BCUT2D eigenvalue weighted by atomic mass is 10.2. The van der Waals surface area contributed by atoms with Crippen LogP contribution in [0.15, 0.2) is 17.0 Å². The van der Waals surface area contributed by atoms with Crippen LogP contribution in [0.4, 0.5) is 0 Å². The Bertz CT molecular complexity index is 536. The number of methoxy groups -OCH3 is 1. The number of ether oxygens (including phenoxy) is 1. The van der Waals surface area contributed by atoms with Crippen molar-refractivity contribution in [2.24, 2.45) is 0 Å². The third-order valence-electron chi connectivity index (χ3n) is 1.65. The molecule has 0 amide bonds. The van der Waals surface area contributed by atoms with Crippen LogP contribution in [0.25, 0.3) is 0 Å². The summed E-state index contributed by atoms with van der Waals surface area (Å²) in [6.07, 6.45) is 0. The third-order valence-corrected chi connectivity index (χ3v) is 4.06. The highest BCUT2D eigenvalue weighted by atomic mass is 127. The maximum Gasteiger partial charge on any atom is 0.265 e. The van der Waals surface area contributed by atoms with E-state index in [2.05, 4.69) is 0 Å². The van der Waals surface area contributed by atoms with E-state index in [-0.39, 0.29) is 10.6 Å². The molecule has 0 saturated carbocycles. The number of hydrogen-bond donors (Lipinski definition) is 0. The van der Waals surface area contributed by atoms with Gasteiger partial charge in [-0.25, -0.2) is 8.42 Å². The van der Waals surface area contributed by atoms with Gasteiger partial charge in [0.15, 0.2) is 5.75 Å². The molecule has 0 spiro atoms. The van der Waals surface area contributed by atoms with Crippen LogP contribution >= 0.6 is 33.3 Å². The number of halogens is 2. The largest absolute Gasteiger partial charge is 0.494 e. The second kappa shape index (κ2) is 4.55. The van der Waals surface area contributed by atoms with E-state index in [4.69, 9.17) is 20.7 Å². The molecule has 4 nitrogen and oxygen atoms in total. The minimum Gasteiger partial charge on any atom is -0.494 e. The van der Waals surface area contributed by atoms with Crippen molar-refractivity contribution in [3.05, 3.63) is 21.3 Å². The molecule has 0 saturated heterocycles. The van der Waals surface area contributed by atoms with Gasteiger partial charge in [-0.2, -0.15) is 5.26 Å². The van der Waals surface area contributed by atoms with E-state index in [1.54, 1.807) is 0 Å². The highest BCUT2D eigenvalue weighted by Gasteiger charge is 2.20. The van der Waals surface area contributed by atoms with Gasteiger partial charge in [0.1, 0.15) is 11.0 Å². The van der Waals surface area contributed by atoms with Crippen molar-refractivity contribution in [1.29, 1.82) is 5.26 Å². The highest BCUT2D eigenvalue weighted by molar-refractivity contribution is 14.1. The maximum absolute atomic E-state index is 11.2. The zero-order valence-corrected chi connectivity index (χ0v) is 11.2. The Kier molecular flexibility index (Phi) is 3.81. The molecule has 0 aromatic heterocycles. The molecule has 1 rings (SSSR count). The second-order valence-electron chi connectivity index (χ2n) is 2.51. The summed E-state index contributed by atoms with van der Waals surface area (Å²) >= 11 is 1.84. The first kappa shape index (κ1) is 12.5. The monoisotopic (exact) mass is 357 g/mol. The van der Waals surface area contributed by atoms with Crippen LogP contribution in [0.2, 0.25) is 0 Å². The molecular weight excluding hydrogens is 353 g/mol. The number of benzene rings is 1. The van der Waals surface area contributed by atoms with Crippen LogP contribution in [0.1, 0.15) is 5.56 Å². The lowest BCUT2D eigenvalue weighted by Gasteiger charge is -2.08.